The van der Waals surface area contributed by atoms with Crippen LogP contribution in [-0.4, -0.2) is 57.7 Å². The third-order valence-electron chi connectivity index (χ3n) is 4.21. The molecule has 5 atom stereocenters. The highest BCUT2D eigenvalue weighted by atomic mass is 19.1. The lowest BCUT2D eigenvalue weighted by molar-refractivity contribution is -0.245. The van der Waals surface area contributed by atoms with Gasteiger partial charge in [0.2, 0.25) is 0 Å². The van der Waals surface area contributed by atoms with Gasteiger partial charge in [0.25, 0.3) is 0 Å². The van der Waals surface area contributed by atoms with Crippen molar-refractivity contribution in [2.24, 2.45) is 0 Å². The van der Waals surface area contributed by atoms with Gasteiger partial charge in [-0.2, -0.15) is 0 Å². The summed E-state index contributed by atoms with van der Waals surface area (Å²) >= 11 is 0. The molecular weight excluding hydrogens is 337 g/mol. The lowest BCUT2D eigenvalue weighted by atomic mass is 9.96. The number of fused-ring (bicyclic) bond motifs is 1. The molecule has 5 N–H and O–H groups in total. The van der Waals surface area contributed by atoms with Crippen LogP contribution in [0.15, 0.2) is 33.5 Å². The summed E-state index contributed by atoms with van der Waals surface area (Å²) in [5.74, 6) is 0. The van der Waals surface area contributed by atoms with Gasteiger partial charge in [-0.15, -0.1) is 0 Å². The van der Waals surface area contributed by atoms with Crippen LogP contribution in [-0.2, 0) is 11.4 Å². The number of halogens is 1. The molecule has 1 aromatic heterocycles. The van der Waals surface area contributed by atoms with Crippen molar-refractivity contribution in [3.63, 3.8) is 0 Å². The molecule has 1 fully saturated rings. The van der Waals surface area contributed by atoms with E-state index in [0.29, 0.717) is 11.1 Å². The third kappa shape index (κ3) is 3.37. The molecule has 2 heterocycles. The second-order valence-electron chi connectivity index (χ2n) is 5.83. The highest BCUT2D eigenvalue weighted by molar-refractivity contribution is 5.83. The summed E-state index contributed by atoms with van der Waals surface area (Å²) in [7, 11) is 0. The SMILES string of the molecule is O=c1cc(CF)c2ccc(N[C@@H]3C(O)OC(CO)[C@@H](O)C3O)cc2o1. The highest BCUT2D eigenvalue weighted by Crippen LogP contribution is 2.26. The van der Waals surface area contributed by atoms with Gasteiger partial charge in [0.05, 0.1) is 6.61 Å². The number of rotatable bonds is 4. The van der Waals surface area contributed by atoms with E-state index in [1.54, 1.807) is 6.07 Å². The summed E-state index contributed by atoms with van der Waals surface area (Å²) in [4.78, 5) is 11.5. The molecule has 0 amide bonds. The molecule has 0 radical (unpaired) electrons. The van der Waals surface area contributed by atoms with Gasteiger partial charge in [-0.3, -0.25) is 0 Å². The van der Waals surface area contributed by atoms with E-state index < -0.39 is 49.6 Å². The molecule has 0 saturated carbocycles. The van der Waals surface area contributed by atoms with Gasteiger partial charge in [0.15, 0.2) is 6.29 Å². The number of aliphatic hydroxyl groups is 4. The Balaban J connectivity index is 1.89. The molecule has 0 bridgehead atoms. The standard InChI is InChI=1S/C16H18FNO7/c17-5-7-3-12(20)24-10-4-8(1-2-9(7)10)18-13-15(22)14(21)11(6-19)25-16(13)23/h1-4,11,13-16,18-19,21-23H,5-6H2/t11?,13-,14+,15?,16?/m0/s1. The summed E-state index contributed by atoms with van der Waals surface area (Å²) in [6.07, 6.45) is -5.41. The first-order chi connectivity index (χ1) is 11.9. The predicted molar refractivity (Wildman–Crippen MR) is 84.7 cm³/mol. The van der Waals surface area contributed by atoms with E-state index in [2.05, 4.69) is 5.32 Å². The van der Waals surface area contributed by atoms with E-state index in [1.165, 1.54) is 12.1 Å². The summed E-state index contributed by atoms with van der Waals surface area (Å²) in [5.41, 5.74) is -0.00712. The fraction of sp³-hybridized carbons (Fsp3) is 0.438. The number of aliphatic hydroxyl groups excluding tert-OH is 4. The predicted octanol–water partition coefficient (Wildman–Crippen LogP) is -0.526. The van der Waals surface area contributed by atoms with Gasteiger partial charge in [-0.25, -0.2) is 9.18 Å². The first kappa shape index (κ1) is 17.8. The molecule has 1 aromatic carbocycles. The van der Waals surface area contributed by atoms with Crippen LogP contribution in [0.25, 0.3) is 11.0 Å². The molecule has 1 aliphatic heterocycles. The van der Waals surface area contributed by atoms with Gasteiger partial charge >= 0.3 is 5.63 Å². The molecule has 1 saturated heterocycles. The van der Waals surface area contributed by atoms with Crippen LogP contribution >= 0.6 is 0 Å². The molecule has 8 nitrogen and oxygen atoms in total. The largest absolute Gasteiger partial charge is 0.423 e. The van der Waals surface area contributed by atoms with Crippen LogP contribution in [0.3, 0.4) is 0 Å². The van der Waals surface area contributed by atoms with Crippen molar-refractivity contribution in [2.75, 3.05) is 11.9 Å². The van der Waals surface area contributed by atoms with E-state index in [-0.39, 0.29) is 11.1 Å². The van der Waals surface area contributed by atoms with Gasteiger partial charge in [-0.05, 0) is 12.1 Å². The Morgan fingerprint density at radius 3 is 2.60 bits per heavy atom. The monoisotopic (exact) mass is 355 g/mol. The molecule has 3 unspecified atom stereocenters. The maximum Gasteiger partial charge on any atom is 0.336 e. The minimum atomic E-state index is -1.49. The fourth-order valence-electron chi connectivity index (χ4n) is 2.88. The van der Waals surface area contributed by atoms with Crippen LogP contribution in [0.1, 0.15) is 5.56 Å². The summed E-state index contributed by atoms with van der Waals surface area (Å²) < 4.78 is 23.1. The molecule has 9 heteroatoms. The fourth-order valence-corrected chi connectivity index (χ4v) is 2.88. The number of alkyl halides is 1. The summed E-state index contributed by atoms with van der Waals surface area (Å²) in [6, 6.07) is 4.48. The Morgan fingerprint density at radius 1 is 1.16 bits per heavy atom. The first-order valence-corrected chi connectivity index (χ1v) is 7.64. The Bertz CT molecular complexity index is 811. The van der Waals surface area contributed by atoms with Crippen molar-refractivity contribution in [3.8, 4) is 0 Å². The zero-order chi connectivity index (χ0) is 18.1. The number of nitrogens with one attached hydrogen (secondary N) is 1. The van der Waals surface area contributed by atoms with E-state index >= 15 is 0 Å². The Morgan fingerprint density at radius 2 is 1.92 bits per heavy atom. The van der Waals surface area contributed by atoms with E-state index in [0.717, 1.165) is 6.07 Å². The molecule has 1 aliphatic rings. The van der Waals surface area contributed by atoms with Crippen molar-refractivity contribution in [1.82, 2.24) is 0 Å². The zero-order valence-electron chi connectivity index (χ0n) is 13.0. The molecule has 25 heavy (non-hydrogen) atoms. The van der Waals surface area contributed by atoms with Crippen LogP contribution in [0.5, 0.6) is 0 Å². The average Bonchev–Trinajstić information content (AvgIpc) is 2.60. The summed E-state index contributed by atoms with van der Waals surface area (Å²) in [5, 5.41) is 42.3. The number of ether oxygens (including phenoxy) is 1. The Kier molecular flexibility index (Phi) is 5.02. The number of benzene rings is 1. The maximum atomic E-state index is 13.0. The quantitative estimate of drug-likeness (QED) is 0.463. The third-order valence-corrected chi connectivity index (χ3v) is 4.21. The van der Waals surface area contributed by atoms with Crippen molar-refractivity contribution in [2.45, 2.75) is 37.3 Å². The lowest BCUT2D eigenvalue weighted by Gasteiger charge is -2.40. The molecule has 0 spiro atoms. The van der Waals surface area contributed by atoms with Crippen LogP contribution in [0.4, 0.5) is 10.1 Å². The van der Waals surface area contributed by atoms with Crippen LogP contribution in [0, 0.1) is 0 Å². The first-order valence-electron chi connectivity index (χ1n) is 7.64. The highest BCUT2D eigenvalue weighted by Gasteiger charge is 2.43. The molecule has 2 aromatic rings. The van der Waals surface area contributed by atoms with Gasteiger partial charge in [0, 0.05) is 28.8 Å². The topological polar surface area (TPSA) is 132 Å². The minimum Gasteiger partial charge on any atom is -0.423 e. The second kappa shape index (κ2) is 7.06. The molecule has 136 valence electrons. The smallest absolute Gasteiger partial charge is 0.336 e. The molecular formula is C16H18FNO7. The van der Waals surface area contributed by atoms with Gasteiger partial charge < -0.3 is 34.9 Å². The van der Waals surface area contributed by atoms with Crippen molar-refractivity contribution in [3.05, 3.63) is 40.2 Å². The van der Waals surface area contributed by atoms with Crippen molar-refractivity contribution < 1.29 is 34.0 Å². The van der Waals surface area contributed by atoms with Crippen LogP contribution < -0.4 is 10.9 Å². The van der Waals surface area contributed by atoms with E-state index in [4.69, 9.17) is 14.3 Å². The molecule has 0 aliphatic carbocycles. The maximum absolute atomic E-state index is 13.0. The lowest BCUT2D eigenvalue weighted by Crippen LogP contribution is -2.61. The number of anilines is 1. The van der Waals surface area contributed by atoms with Crippen molar-refractivity contribution in [1.29, 1.82) is 0 Å². The normalized spacial score (nSPS) is 29.7. The van der Waals surface area contributed by atoms with Gasteiger partial charge in [0.1, 0.15) is 36.6 Å². The molecule has 3 rings (SSSR count). The average molecular weight is 355 g/mol. The second-order valence-corrected chi connectivity index (χ2v) is 5.83. The summed E-state index contributed by atoms with van der Waals surface area (Å²) in [6.45, 7) is -1.38. The number of hydrogen-bond donors (Lipinski definition) is 5. The van der Waals surface area contributed by atoms with Crippen LogP contribution in [0.2, 0.25) is 0 Å². The number of hydrogen-bond acceptors (Lipinski definition) is 8. The van der Waals surface area contributed by atoms with E-state index in [1.807, 2.05) is 0 Å². The van der Waals surface area contributed by atoms with Gasteiger partial charge in [-0.1, -0.05) is 0 Å². The van der Waals surface area contributed by atoms with E-state index in [9.17, 15) is 24.5 Å². The Hall–Kier alpha value is -2.04. The Labute approximate surface area is 141 Å². The van der Waals surface area contributed by atoms with Crippen molar-refractivity contribution >= 4 is 16.7 Å². The zero-order valence-corrected chi connectivity index (χ0v) is 13.0. The minimum absolute atomic E-state index is 0.139.